The summed E-state index contributed by atoms with van der Waals surface area (Å²) < 4.78 is 37.3. The Labute approximate surface area is 150 Å². The van der Waals surface area contributed by atoms with Crippen LogP contribution >= 0.6 is 0 Å². The topological polar surface area (TPSA) is 85.4 Å². The van der Waals surface area contributed by atoms with Gasteiger partial charge in [-0.2, -0.15) is 4.98 Å². The van der Waals surface area contributed by atoms with Crippen molar-refractivity contribution in [2.75, 3.05) is 13.7 Å². The summed E-state index contributed by atoms with van der Waals surface area (Å²) in [7, 11) is 1.46. The number of carbonyl (C=O) groups excluding carboxylic acids is 1. The van der Waals surface area contributed by atoms with Gasteiger partial charge in [0.1, 0.15) is 11.8 Å². The third-order valence-electron chi connectivity index (χ3n) is 4.74. The number of rotatable bonds is 6. The number of nitrogens with one attached hydrogen (secondary N) is 2. The number of carbonyl (C=O) groups is 1. The third kappa shape index (κ3) is 4.78. The number of methoxy groups -OCH3 is 1. The highest BCUT2D eigenvalue weighted by Gasteiger charge is 2.36. The normalized spacial score (nSPS) is 22.8. The van der Waals surface area contributed by atoms with Crippen molar-refractivity contribution in [3.8, 4) is 11.8 Å². The van der Waals surface area contributed by atoms with Crippen LogP contribution in [0.5, 0.6) is 11.8 Å². The molecule has 0 bridgehead atoms. The lowest BCUT2D eigenvalue weighted by atomic mass is 9.94. The SMILES string of the molecule is COc1nc(OC2CCC(F)(F)CC2)cnc1CNC(=O)C1CCCN1. The van der Waals surface area contributed by atoms with Crippen LogP contribution in [0.4, 0.5) is 8.78 Å². The minimum atomic E-state index is -2.60. The number of hydrogen-bond donors (Lipinski definition) is 2. The first-order valence-electron chi connectivity index (χ1n) is 8.92. The molecule has 1 aromatic rings. The molecule has 144 valence electrons. The summed E-state index contributed by atoms with van der Waals surface area (Å²) in [5.74, 6) is -2.18. The van der Waals surface area contributed by atoms with Crippen molar-refractivity contribution in [3.05, 3.63) is 11.9 Å². The molecule has 1 amide bonds. The van der Waals surface area contributed by atoms with Crippen LogP contribution in [0.1, 0.15) is 44.2 Å². The van der Waals surface area contributed by atoms with E-state index in [2.05, 4.69) is 20.6 Å². The number of halogens is 2. The first kappa shape index (κ1) is 18.8. The lowest BCUT2D eigenvalue weighted by molar-refractivity contribution is -0.122. The average Bonchev–Trinajstić information content (AvgIpc) is 3.17. The van der Waals surface area contributed by atoms with Crippen LogP contribution in [0.2, 0.25) is 0 Å². The molecule has 26 heavy (non-hydrogen) atoms. The molecule has 0 aromatic carbocycles. The fourth-order valence-electron chi connectivity index (χ4n) is 3.23. The Morgan fingerprint density at radius 2 is 2.15 bits per heavy atom. The zero-order valence-corrected chi connectivity index (χ0v) is 14.8. The highest BCUT2D eigenvalue weighted by Crippen LogP contribution is 2.34. The van der Waals surface area contributed by atoms with E-state index < -0.39 is 5.92 Å². The van der Waals surface area contributed by atoms with Crippen molar-refractivity contribution in [2.24, 2.45) is 0 Å². The third-order valence-corrected chi connectivity index (χ3v) is 4.74. The maximum atomic E-state index is 13.2. The van der Waals surface area contributed by atoms with Crippen molar-refractivity contribution in [1.82, 2.24) is 20.6 Å². The van der Waals surface area contributed by atoms with Crippen LogP contribution in [-0.2, 0) is 11.3 Å². The predicted molar refractivity (Wildman–Crippen MR) is 89.3 cm³/mol. The molecular formula is C17H24F2N4O3. The Kier molecular flexibility index (Phi) is 5.85. The number of alkyl halides is 2. The quantitative estimate of drug-likeness (QED) is 0.794. The van der Waals surface area contributed by atoms with E-state index in [4.69, 9.17) is 9.47 Å². The van der Waals surface area contributed by atoms with Gasteiger partial charge in [-0.1, -0.05) is 0 Å². The molecule has 3 rings (SSSR count). The van der Waals surface area contributed by atoms with E-state index in [0.29, 0.717) is 5.69 Å². The molecule has 0 spiro atoms. The first-order valence-corrected chi connectivity index (χ1v) is 8.92. The van der Waals surface area contributed by atoms with Gasteiger partial charge in [-0.05, 0) is 32.2 Å². The van der Waals surface area contributed by atoms with Gasteiger partial charge >= 0.3 is 0 Å². The summed E-state index contributed by atoms with van der Waals surface area (Å²) in [5, 5.41) is 5.95. The van der Waals surface area contributed by atoms with E-state index in [1.54, 1.807) is 0 Å². The van der Waals surface area contributed by atoms with Gasteiger partial charge in [-0.25, -0.2) is 13.8 Å². The maximum absolute atomic E-state index is 13.2. The Hall–Kier alpha value is -2.03. The second-order valence-corrected chi connectivity index (χ2v) is 6.70. The van der Waals surface area contributed by atoms with Gasteiger partial charge in [-0.15, -0.1) is 0 Å². The minimum absolute atomic E-state index is 0.0742. The molecule has 0 radical (unpaired) electrons. The molecule has 2 fully saturated rings. The largest absolute Gasteiger partial charge is 0.480 e. The number of nitrogens with zero attached hydrogens (tertiary/aromatic N) is 2. The van der Waals surface area contributed by atoms with Crippen molar-refractivity contribution >= 4 is 5.91 Å². The number of amides is 1. The molecule has 1 aromatic heterocycles. The van der Waals surface area contributed by atoms with E-state index in [0.717, 1.165) is 19.4 Å². The smallest absolute Gasteiger partial charge is 0.248 e. The van der Waals surface area contributed by atoms with Crippen LogP contribution < -0.4 is 20.1 Å². The van der Waals surface area contributed by atoms with E-state index in [1.165, 1.54) is 13.3 Å². The molecule has 1 saturated carbocycles. The Morgan fingerprint density at radius 1 is 1.38 bits per heavy atom. The van der Waals surface area contributed by atoms with Crippen molar-refractivity contribution < 1.29 is 23.0 Å². The van der Waals surface area contributed by atoms with Gasteiger partial charge in [-0.3, -0.25) is 4.79 Å². The Bertz CT molecular complexity index is 628. The van der Waals surface area contributed by atoms with Gasteiger partial charge in [0.15, 0.2) is 0 Å². The zero-order chi connectivity index (χ0) is 18.6. The van der Waals surface area contributed by atoms with Crippen molar-refractivity contribution in [1.29, 1.82) is 0 Å². The van der Waals surface area contributed by atoms with Gasteiger partial charge in [0.25, 0.3) is 0 Å². The molecule has 2 N–H and O–H groups in total. The molecule has 1 atom stereocenters. The van der Waals surface area contributed by atoms with Gasteiger partial charge in [0.2, 0.25) is 23.6 Å². The van der Waals surface area contributed by atoms with Crippen molar-refractivity contribution in [2.45, 2.75) is 63.1 Å². The zero-order valence-electron chi connectivity index (χ0n) is 14.8. The summed E-state index contributed by atoms with van der Waals surface area (Å²) in [6.45, 7) is 1.05. The lowest BCUT2D eigenvalue weighted by Gasteiger charge is -2.28. The van der Waals surface area contributed by atoms with Gasteiger partial charge in [0.05, 0.1) is 25.9 Å². The van der Waals surface area contributed by atoms with Crippen molar-refractivity contribution in [3.63, 3.8) is 0 Å². The fraction of sp³-hybridized carbons (Fsp3) is 0.706. The molecule has 1 aliphatic carbocycles. The summed E-state index contributed by atoms with van der Waals surface area (Å²) in [6.07, 6.45) is 3.15. The van der Waals surface area contributed by atoms with E-state index in [1.807, 2.05) is 0 Å². The lowest BCUT2D eigenvalue weighted by Crippen LogP contribution is -2.40. The molecule has 1 saturated heterocycles. The summed E-state index contributed by atoms with van der Waals surface area (Å²) >= 11 is 0. The number of ether oxygens (including phenoxy) is 2. The second-order valence-electron chi connectivity index (χ2n) is 6.70. The number of hydrogen-bond acceptors (Lipinski definition) is 6. The molecule has 1 aliphatic heterocycles. The molecule has 2 heterocycles. The van der Waals surface area contributed by atoms with E-state index in [-0.39, 0.29) is 62.0 Å². The van der Waals surface area contributed by atoms with Crippen LogP contribution in [0.3, 0.4) is 0 Å². The van der Waals surface area contributed by atoms with Gasteiger partial charge in [0, 0.05) is 12.8 Å². The minimum Gasteiger partial charge on any atom is -0.480 e. The molecule has 1 unspecified atom stereocenters. The second kappa shape index (κ2) is 8.11. The highest BCUT2D eigenvalue weighted by molar-refractivity contribution is 5.81. The highest BCUT2D eigenvalue weighted by atomic mass is 19.3. The Morgan fingerprint density at radius 3 is 2.81 bits per heavy atom. The average molecular weight is 370 g/mol. The van der Waals surface area contributed by atoms with Gasteiger partial charge < -0.3 is 20.1 Å². The summed E-state index contributed by atoms with van der Waals surface area (Å²) in [5.41, 5.74) is 0.487. The first-order chi connectivity index (χ1) is 12.5. The molecule has 7 nitrogen and oxygen atoms in total. The molecule has 2 aliphatic rings. The van der Waals surface area contributed by atoms with E-state index in [9.17, 15) is 13.6 Å². The monoisotopic (exact) mass is 370 g/mol. The molecular weight excluding hydrogens is 346 g/mol. The Balaban J connectivity index is 1.56. The van der Waals surface area contributed by atoms with Crippen LogP contribution in [0.15, 0.2) is 6.20 Å². The molecule has 9 heteroatoms. The van der Waals surface area contributed by atoms with E-state index >= 15 is 0 Å². The number of aromatic nitrogens is 2. The summed E-state index contributed by atoms with van der Waals surface area (Å²) in [6, 6.07) is -0.166. The van der Waals surface area contributed by atoms with Crippen LogP contribution in [-0.4, -0.2) is 47.6 Å². The summed E-state index contributed by atoms with van der Waals surface area (Å²) in [4.78, 5) is 20.5. The van der Waals surface area contributed by atoms with Crippen LogP contribution in [0, 0.1) is 0 Å². The fourth-order valence-corrected chi connectivity index (χ4v) is 3.23. The standard InChI is InChI=1S/C17H24F2N4O3/c1-25-16-13(9-22-15(24)12-3-2-8-20-12)21-10-14(23-16)26-11-4-6-17(18,19)7-5-11/h10-12,20H,2-9H2,1H3,(H,22,24). The van der Waals surface area contributed by atoms with Crippen LogP contribution in [0.25, 0.3) is 0 Å². The maximum Gasteiger partial charge on any atom is 0.248 e. The predicted octanol–water partition coefficient (Wildman–Crippen LogP) is 1.81.